The highest BCUT2D eigenvalue weighted by Crippen LogP contribution is 2.24. The number of nitrogens with two attached hydrogens (primary N) is 1. The second-order valence-electron chi connectivity index (χ2n) is 4.67. The van der Waals surface area contributed by atoms with Gasteiger partial charge < -0.3 is 10.5 Å². The topological polar surface area (TPSA) is 35.2 Å². The molecule has 1 saturated heterocycles. The molecule has 1 aromatic rings. The van der Waals surface area contributed by atoms with Crippen LogP contribution in [0.5, 0.6) is 0 Å². The van der Waals surface area contributed by atoms with E-state index in [1.807, 2.05) is 18.2 Å². The van der Waals surface area contributed by atoms with Crippen molar-refractivity contribution in [2.24, 2.45) is 11.7 Å². The lowest BCUT2D eigenvalue weighted by atomic mass is 9.95. The Labute approximate surface area is 116 Å². The molecule has 1 aliphatic heterocycles. The van der Waals surface area contributed by atoms with Crippen molar-refractivity contribution in [3.8, 4) is 0 Å². The van der Waals surface area contributed by atoms with Crippen molar-refractivity contribution in [1.29, 1.82) is 0 Å². The van der Waals surface area contributed by atoms with Gasteiger partial charge in [-0.25, -0.2) is 0 Å². The fourth-order valence-corrected chi connectivity index (χ4v) is 3.00. The van der Waals surface area contributed by atoms with E-state index >= 15 is 0 Å². The molecule has 0 bridgehead atoms. The van der Waals surface area contributed by atoms with Crippen molar-refractivity contribution in [3.05, 3.63) is 33.3 Å². The van der Waals surface area contributed by atoms with Gasteiger partial charge in [-0.3, -0.25) is 0 Å². The van der Waals surface area contributed by atoms with Crippen LogP contribution < -0.4 is 5.73 Å². The Morgan fingerprint density at radius 3 is 3.00 bits per heavy atom. The third kappa shape index (κ3) is 3.95. The van der Waals surface area contributed by atoms with Gasteiger partial charge in [-0.2, -0.15) is 0 Å². The number of hydrogen-bond donors (Lipinski definition) is 1. The van der Waals surface area contributed by atoms with E-state index < -0.39 is 0 Å². The van der Waals surface area contributed by atoms with Crippen LogP contribution in [0.15, 0.2) is 22.7 Å². The average Bonchev–Trinajstić information content (AvgIpc) is 2.75. The van der Waals surface area contributed by atoms with E-state index in [0.717, 1.165) is 47.5 Å². The summed E-state index contributed by atoms with van der Waals surface area (Å²) in [5.74, 6) is 0.624. The lowest BCUT2D eigenvalue weighted by Crippen LogP contribution is -2.26. The van der Waals surface area contributed by atoms with Gasteiger partial charge in [0.15, 0.2) is 0 Å². The third-order valence-corrected chi connectivity index (χ3v) is 4.00. The standard InChI is InChI=1S/C13H17BrClNO/c14-11-2-1-10(13(15)7-11)6-12(16)5-9-3-4-17-8-9/h1-2,7,9,12H,3-6,8,16H2. The van der Waals surface area contributed by atoms with Crippen LogP contribution in [-0.2, 0) is 11.2 Å². The van der Waals surface area contributed by atoms with Gasteiger partial charge in [0.05, 0.1) is 0 Å². The summed E-state index contributed by atoms with van der Waals surface area (Å²) in [6.45, 7) is 1.75. The van der Waals surface area contributed by atoms with E-state index in [0.29, 0.717) is 5.92 Å². The van der Waals surface area contributed by atoms with E-state index in [2.05, 4.69) is 15.9 Å². The molecule has 4 heteroatoms. The molecule has 0 spiro atoms. The number of ether oxygens (including phenoxy) is 1. The van der Waals surface area contributed by atoms with Gasteiger partial charge in [0.1, 0.15) is 0 Å². The van der Waals surface area contributed by atoms with E-state index in [9.17, 15) is 0 Å². The smallest absolute Gasteiger partial charge is 0.0495 e. The summed E-state index contributed by atoms with van der Waals surface area (Å²) in [4.78, 5) is 0. The second-order valence-corrected chi connectivity index (χ2v) is 5.99. The first-order chi connectivity index (χ1) is 8.15. The van der Waals surface area contributed by atoms with Crippen LogP contribution in [0.3, 0.4) is 0 Å². The Balaban J connectivity index is 1.90. The fourth-order valence-electron chi connectivity index (χ4n) is 2.25. The Morgan fingerprint density at radius 1 is 1.53 bits per heavy atom. The van der Waals surface area contributed by atoms with Crippen molar-refractivity contribution < 1.29 is 4.74 Å². The maximum absolute atomic E-state index is 6.18. The first-order valence-electron chi connectivity index (χ1n) is 5.92. The van der Waals surface area contributed by atoms with E-state index in [1.165, 1.54) is 0 Å². The van der Waals surface area contributed by atoms with Crippen molar-refractivity contribution in [2.45, 2.75) is 25.3 Å². The summed E-state index contributed by atoms with van der Waals surface area (Å²) >= 11 is 9.58. The Hall–Kier alpha value is -0.0900. The third-order valence-electron chi connectivity index (χ3n) is 3.16. The summed E-state index contributed by atoms with van der Waals surface area (Å²) in [5, 5.41) is 0.789. The maximum Gasteiger partial charge on any atom is 0.0495 e. The molecule has 1 aromatic carbocycles. The lowest BCUT2D eigenvalue weighted by molar-refractivity contribution is 0.182. The number of hydrogen-bond acceptors (Lipinski definition) is 2. The minimum absolute atomic E-state index is 0.167. The molecule has 1 heterocycles. The zero-order valence-electron chi connectivity index (χ0n) is 9.66. The summed E-state index contributed by atoms with van der Waals surface area (Å²) in [5.41, 5.74) is 7.29. The number of rotatable bonds is 4. The Bertz CT molecular complexity index is 380. The zero-order valence-corrected chi connectivity index (χ0v) is 12.0. The summed E-state index contributed by atoms with van der Waals surface area (Å²) in [7, 11) is 0. The maximum atomic E-state index is 6.18. The zero-order chi connectivity index (χ0) is 12.3. The first kappa shape index (κ1) is 13.3. The fraction of sp³-hybridized carbons (Fsp3) is 0.538. The van der Waals surface area contributed by atoms with Crippen molar-refractivity contribution in [2.75, 3.05) is 13.2 Å². The molecule has 2 unspecified atom stereocenters. The minimum atomic E-state index is 0.167. The largest absolute Gasteiger partial charge is 0.381 e. The van der Waals surface area contributed by atoms with Gasteiger partial charge in [0.2, 0.25) is 0 Å². The molecular weight excluding hydrogens is 302 g/mol. The van der Waals surface area contributed by atoms with E-state index in [1.54, 1.807) is 0 Å². The summed E-state index contributed by atoms with van der Waals surface area (Å²) in [6.07, 6.45) is 3.00. The molecule has 2 atom stereocenters. The Morgan fingerprint density at radius 2 is 2.35 bits per heavy atom. The van der Waals surface area contributed by atoms with Crippen LogP contribution in [-0.4, -0.2) is 19.3 Å². The molecule has 0 saturated carbocycles. The minimum Gasteiger partial charge on any atom is -0.381 e. The monoisotopic (exact) mass is 317 g/mol. The molecule has 1 fully saturated rings. The highest BCUT2D eigenvalue weighted by Gasteiger charge is 2.19. The molecule has 2 nitrogen and oxygen atoms in total. The molecule has 1 aliphatic rings. The first-order valence-corrected chi connectivity index (χ1v) is 7.09. The van der Waals surface area contributed by atoms with Gasteiger partial charge in [-0.15, -0.1) is 0 Å². The van der Waals surface area contributed by atoms with Crippen molar-refractivity contribution in [3.63, 3.8) is 0 Å². The highest BCUT2D eigenvalue weighted by molar-refractivity contribution is 9.10. The molecule has 0 radical (unpaired) electrons. The SMILES string of the molecule is NC(Cc1ccc(Br)cc1Cl)CC1CCOC1. The summed E-state index contributed by atoms with van der Waals surface area (Å²) in [6, 6.07) is 6.13. The predicted octanol–water partition coefficient (Wildman–Crippen LogP) is 3.40. The second kappa shape index (κ2) is 6.19. The molecule has 0 aromatic heterocycles. The highest BCUT2D eigenvalue weighted by atomic mass is 79.9. The molecule has 2 N–H and O–H groups in total. The van der Waals surface area contributed by atoms with Gasteiger partial charge >= 0.3 is 0 Å². The predicted molar refractivity (Wildman–Crippen MR) is 74.4 cm³/mol. The quantitative estimate of drug-likeness (QED) is 0.923. The van der Waals surface area contributed by atoms with E-state index in [4.69, 9.17) is 22.1 Å². The molecule has 2 rings (SSSR count). The van der Waals surface area contributed by atoms with Crippen LogP contribution in [0.25, 0.3) is 0 Å². The number of benzene rings is 1. The summed E-state index contributed by atoms with van der Waals surface area (Å²) < 4.78 is 6.36. The van der Waals surface area contributed by atoms with E-state index in [-0.39, 0.29) is 6.04 Å². The van der Waals surface area contributed by atoms with Gasteiger partial charge in [-0.1, -0.05) is 33.6 Å². The molecule has 0 amide bonds. The van der Waals surface area contributed by atoms with Crippen molar-refractivity contribution in [1.82, 2.24) is 0 Å². The van der Waals surface area contributed by atoms with Gasteiger partial charge in [0.25, 0.3) is 0 Å². The molecular formula is C13H17BrClNO. The molecule has 0 aliphatic carbocycles. The molecule has 17 heavy (non-hydrogen) atoms. The van der Waals surface area contributed by atoms with Gasteiger partial charge in [-0.05, 0) is 42.9 Å². The van der Waals surface area contributed by atoms with Crippen LogP contribution in [0.1, 0.15) is 18.4 Å². The van der Waals surface area contributed by atoms with Gasteiger partial charge in [0, 0.05) is 28.8 Å². The molecule has 94 valence electrons. The lowest BCUT2D eigenvalue weighted by Gasteiger charge is -2.16. The van der Waals surface area contributed by atoms with Crippen LogP contribution in [0.2, 0.25) is 5.02 Å². The van der Waals surface area contributed by atoms with Crippen molar-refractivity contribution >= 4 is 27.5 Å². The Kier molecular flexibility index (Phi) is 4.86. The number of halogens is 2. The average molecular weight is 319 g/mol. The normalized spacial score (nSPS) is 21.7. The van der Waals surface area contributed by atoms with Crippen LogP contribution in [0.4, 0.5) is 0 Å². The van der Waals surface area contributed by atoms with Crippen LogP contribution >= 0.6 is 27.5 Å². The van der Waals surface area contributed by atoms with Crippen LogP contribution in [0, 0.1) is 5.92 Å².